The molecule has 0 spiro atoms. The van der Waals surface area contributed by atoms with Crippen molar-refractivity contribution in [3.8, 4) is 0 Å². The Labute approximate surface area is 159 Å². The highest BCUT2D eigenvalue weighted by Gasteiger charge is 2.52. The second kappa shape index (κ2) is 9.01. The Morgan fingerprint density at radius 2 is 1.74 bits per heavy atom. The molecule has 1 aliphatic heterocycles. The van der Waals surface area contributed by atoms with Crippen LogP contribution in [0.4, 0.5) is 0 Å². The predicted octanol–water partition coefficient (Wildman–Crippen LogP) is 2.63. The molecule has 1 aromatic rings. The smallest absolute Gasteiger partial charge is 0.339 e. The van der Waals surface area contributed by atoms with Gasteiger partial charge in [0, 0.05) is 5.56 Å². The topological polar surface area (TPSA) is 83.1 Å². The first kappa shape index (κ1) is 20.9. The quantitative estimate of drug-likeness (QED) is 0.581. The third kappa shape index (κ3) is 4.31. The lowest BCUT2D eigenvalue weighted by Gasteiger charge is -2.45. The lowest BCUT2D eigenvalue weighted by Crippen LogP contribution is -2.58. The van der Waals surface area contributed by atoms with Gasteiger partial charge >= 0.3 is 11.9 Å². The average molecular weight is 377 g/mol. The van der Waals surface area contributed by atoms with E-state index >= 15 is 0 Å². The number of nitrogens with one attached hydrogen (secondary N) is 1. The van der Waals surface area contributed by atoms with E-state index in [-0.39, 0.29) is 11.5 Å². The van der Waals surface area contributed by atoms with Crippen molar-refractivity contribution in [2.45, 2.75) is 39.7 Å². The normalized spacial score (nSPS) is 21.4. The number of benzene rings is 1. The summed E-state index contributed by atoms with van der Waals surface area (Å²) in [4.78, 5) is 25.1. The Bertz CT molecular complexity index is 694. The fourth-order valence-corrected chi connectivity index (χ4v) is 3.19. The summed E-state index contributed by atoms with van der Waals surface area (Å²) in [6, 6.07) is 8.06. The third-order valence-corrected chi connectivity index (χ3v) is 4.46. The number of carbonyl (C=O) groups excluding carboxylic acids is 2. The lowest BCUT2D eigenvalue weighted by atomic mass is 9.88. The van der Waals surface area contributed by atoms with Crippen molar-refractivity contribution >= 4 is 11.9 Å². The molecule has 0 radical (unpaired) electrons. The summed E-state index contributed by atoms with van der Waals surface area (Å²) in [5, 5.41) is 2.91. The zero-order chi connectivity index (χ0) is 20.0. The Hall–Kier alpha value is -2.38. The van der Waals surface area contributed by atoms with Crippen LogP contribution in [0.5, 0.6) is 0 Å². The molecule has 0 unspecified atom stereocenters. The minimum absolute atomic E-state index is 0.240. The summed E-state index contributed by atoms with van der Waals surface area (Å²) in [6.45, 7) is 7.75. The molecule has 1 heterocycles. The minimum Gasteiger partial charge on any atom is -0.466 e. The maximum Gasteiger partial charge on any atom is 0.339 e. The molecule has 27 heavy (non-hydrogen) atoms. The molecule has 148 valence electrons. The van der Waals surface area contributed by atoms with E-state index < -0.39 is 23.9 Å². The van der Waals surface area contributed by atoms with Gasteiger partial charge < -0.3 is 24.3 Å². The second-order valence-electron chi connectivity index (χ2n) is 6.14. The van der Waals surface area contributed by atoms with Gasteiger partial charge in [0.2, 0.25) is 0 Å². The van der Waals surface area contributed by atoms with E-state index in [0.717, 1.165) is 0 Å². The summed E-state index contributed by atoms with van der Waals surface area (Å²) in [7, 11) is 1.29. The third-order valence-electron chi connectivity index (χ3n) is 4.46. The van der Waals surface area contributed by atoms with Crippen molar-refractivity contribution in [2.75, 3.05) is 20.3 Å². The number of rotatable bonds is 7. The summed E-state index contributed by atoms with van der Waals surface area (Å²) in [5.41, 5.74) is 0.723. The summed E-state index contributed by atoms with van der Waals surface area (Å²) < 4.78 is 22.4. The standard InChI is InChI=1S/C20H27NO6/c1-6-25-20(26-7-2)13(3)17(16(14(4)27-20)19(23)24-5)21-18(22)15-11-9-8-10-12-15/h8-13,17H,6-7H2,1-5H3,(H,21,22)/t13-,17-/m1/s1. The van der Waals surface area contributed by atoms with Crippen LogP contribution in [0.1, 0.15) is 38.1 Å². The van der Waals surface area contributed by atoms with Crippen LogP contribution in [0.2, 0.25) is 0 Å². The molecule has 0 aliphatic carbocycles. The molecular weight excluding hydrogens is 350 g/mol. The largest absolute Gasteiger partial charge is 0.466 e. The number of hydrogen-bond acceptors (Lipinski definition) is 6. The van der Waals surface area contributed by atoms with E-state index in [1.165, 1.54) is 7.11 Å². The fourth-order valence-electron chi connectivity index (χ4n) is 3.19. The van der Waals surface area contributed by atoms with Gasteiger partial charge in [0.25, 0.3) is 5.91 Å². The van der Waals surface area contributed by atoms with Crippen LogP contribution in [-0.4, -0.2) is 44.2 Å². The number of ether oxygens (including phenoxy) is 4. The monoisotopic (exact) mass is 377 g/mol. The van der Waals surface area contributed by atoms with Crippen molar-refractivity contribution in [1.29, 1.82) is 0 Å². The summed E-state index contributed by atoms with van der Waals surface area (Å²) in [6.07, 6.45) is 0. The number of methoxy groups -OCH3 is 1. The van der Waals surface area contributed by atoms with Gasteiger partial charge in [-0.1, -0.05) is 25.1 Å². The number of amides is 1. The van der Waals surface area contributed by atoms with Crippen molar-refractivity contribution in [2.24, 2.45) is 5.92 Å². The lowest BCUT2D eigenvalue weighted by molar-refractivity contribution is -0.393. The van der Waals surface area contributed by atoms with Gasteiger partial charge in [0.15, 0.2) is 0 Å². The van der Waals surface area contributed by atoms with Crippen molar-refractivity contribution in [3.05, 3.63) is 47.2 Å². The Morgan fingerprint density at radius 3 is 2.26 bits per heavy atom. The number of hydrogen-bond donors (Lipinski definition) is 1. The van der Waals surface area contributed by atoms with Crippen LogP contribution in [0.15, 0.2) is 41.7 Å². The molecule has 7 heteroatoms. The first-order valence-electron chi connectivity index (χ1n) is 9.02. The van der Waals surface area contributed by atoms with Crippen LogP contribution >= 0.6 is 0 Å². The van der Waals surface area contributed by atoms with Crippen LogP contribution < -0.4 is 5.32 Å². The summed E-state index contributed by atoms with van der Waals surface area (Å²) >= 11 is 0. The Morgan fingerprint density at radius 1 is 1.15 bits per heavy atom. The Kier molecular flexibility index (Phi) is 6.98. The number of carbonyl (C=O) groups is 2. The highest BCUT2D eigenvalue weighted by molar-refractivity contribution is 5.97. The first-order chi connectivity index (χ1) is 12.9. The van der Waals surface area contributed by atoms with Gasteiger partial charge in [0.1, 0.15) is 5.76 Å². The van der Waals surface area contributed by atoms with Gasteiger partial charge in [-0.15, -0.1) is 0 Å². The van der Waals surface area contributed by atoms with Gasteiger partial charge in [-0.3, -0.25) is 4.79 Å². The maximum absolute atomic E-state index is 12.7. The summed E-state index contributed by atoms with van der Waals surface area (Å²) in [5.74, 6) is -2.51. The van der Waals surface area contributed by atoms with Crippen LogP contribution in [0.3, 0.4) is 0 Å². The zero-order valence-electron chi connectivity index (χ0n) is 16.4. The molecule has 2 rings (SSSR count). The van der Waals surface area contributed by atoms with Gasteiger partial charge in [0.05, 0.1) is 37.9 Å². The van der Waals surface area contributed by atoms with E-state index in [9.17, 15) is 9.59 Å². The SMILES string of the molecule is CCOC1(OCC)OC(C)=C(C(=O)OC)[C@H](NC(=O)c2ccccc2)[C@H]1C. The van der Waals surface area contributed by atoms with E-state index in [1.807, 2.05) is 19.9 Å². The first-order valence-corrected chi connectivity index (χ1v) is 9.02. The maximum atomic E-state index is 12.7. The van der Waals surface area contributed by atoms with E-state index in [0.29, 0.717) is 24.5 Å². The highest BCUT2D eigenvalue weighted by atomic mass is 16.9. The molecule has 0 aromatic heterocycles. The molecule has 0 saturated heterocycles. The molecule has 0 saturated carbocycles. The molecule has 2 atom stereocenters. The Balaban J connectivity index is 2.45. The fraction of sp³-hybridized carbons (Fsp3) is 0.500. The zero-order valence-corrected chi connectivity index (χ0v) is 16.4. The van der Waals surface area contributed by atoms with E-state index in [4.69, 9.17) is 18.9 Å². The second-order valence-corrected chi connectivity index (χ2v) is 6.14. The molecule has 1 aromatic carbocycles. The van der Waals surface area contributed by atoms with E-state index in [1.54, 1.807) is 38.1 Å². The highest BCUT2D eigenvalue weighted by Crippen LogP contribution is 2.39. The molecule has 7 nitrogen and oxygen atoms in total. The van der Waals surface area contributed by atoms with Crippen molar-refractivity contribution in [1.82, 2.24) is 5.32 Å². The van der Waals surface area contributed by atoms with Crippen LogP contribution in [-0.2, 0) is 23.7 Å². The molecule has 1 aliphatic rings. The molecular formula is C20H27NO6. The van der Waals surface area contributed by atoms with E-state index in [2.05, 4.69) is 5.32 Å². The van der Waals surface area contributed by atoms with Gasteiger partial charge in [-0.05, 0) is 32.9 Å². The number of esters is 1. The number of allylic oxidation sites excluding steroid dienone is 1. The minimum atomic E-state index is -1.40. The van der Waals surface area contributed by atoms with Crippen LogP contribution in [0, 0.1) is 5.92 Å². The predicted molar refractivity (Wildman–Crippen MR) is 98.6 cm³/mol. The van der Waals surface area contributed by atoms with Crippen molar-refractivity contribution < 1.29 is 28.5 Å². The molecule has 1 N–H and O–H groups in total. The van der Waals surface area contributed by atoms with Gasteiger partial charge in [-0.25, -0.2) is 4.79 Å². The van der Waals surface area contributed by atoms with Crippen LogP contribution in [0.25, 0.3) is 0 Å². The molecule has 1 amide bonds. The average Bonchev–Trinajstić information content (AvgIpc) is 2.66. The molecule has 0 fully saturated rings. The van der Waals surface area contributed by atoms with Crippen molar-refractivity contribution in [3.63, 3.8) is 0 Å². The molecule has 0 bridgehead atoms. The van der Waals surface area contributed by atoms with Gasteiger partial charge in [-0.2, -0.15) is 0 Å².